The number of carbonyl (C=O) groups excluding carboxylic acids is 1. The van der Waals surface area contributed by atoms with Crippen LogP contribution in [0.5, 0.6) is 0 Å². The van der Waals surface area contributed by atoms with E-state index in [1.165, 1.54) is 21.1 Å². The monoisotopic (exact) mass is 247 g/mol. The van der Waals surface area contributed by atoms with E-state index in [9.17, 15) is 9.59 Å². The quantitative estimate of drug-likeness (QED) is 0.628. The van der Waals surface area contributed by atoms with Crippen LogP contribution in [0.15, 0.2) is 0 Å². The van der Waals surface area contributed by atoms with Crippen LogP contribution in [0.25, 0.3) is 0 Å². The second-order valence-corrected chi connectivity index (χ2v) is 4.46. The number of hydrogen-bond acceptors (Lipinski definition) is 5. The molecule has 0 heterocycles. The zero-order valence-corrected chi connectivity index (χ0v) is 10.9. The molecule has 0 aromatic rings. The summed E-state index contributed by atoms with van der Waals surface area (Å²) in [6.45, 7) is 5.05. The average Bonchev–Trinajstić information content (AvgIpc) is 2.24. The normalized spacial score (nSPS) is 16.4. The van der Waals surface area contributed by atoms with E-state index in [1.807, 2.05) is 13.8 Å². The topological polar surface area (TPSA) is 84.9 Å². The Morgan fingerprint density at radius 1 is 1.35 bits per heavy atom. The third-order valence-corrected chi connectivity index (χ3v) is 2.50. The number of carbonyl (C=O) groups is 2. The molecule has 6 nitrogen and oxygen atoms in total. The molecule has 2 atom stereocenters. The maximum absolute atomic E-state index is 11.5. The molecule has 0 radical (unpaired) electrons. The summed E-state index contributed by atoms with van der Waals surface area (Å²) in [5.41, 5.74) is -1.32. The van der Waals surface area contributed by atoms with Gasteiger partial charge in [-0.05, 0) is 12.8 Å². The minimum Gasteiger partial charge on any atom is -0.480 e. The van der Waals surface area contributed by atoms with Crippen LogP contribution in [0.3, 0.4) is 0 Å². The first-order valence-electron chi connectivity index (χ1n) is 5.36. The molecule has 100 valence electrons. The fraction of sp³-hybridized carbons (Fsp3) is 0.818. The summed E-state index contributed by atoms with van der Waals surface area (Å²) in [4.78, 5) is 22.7. The fourth-order valence-electron chi connectivity index (χ4n) is 1.42. The van der Waals surface area contributed by atoms with Crippen molar-refractivity contribution in [2.45, 2.75) is 32.4 Å². The number of esters is 1. The molecule has 2 N–H and O–H groups in total. The molecule has 0 amide bonds. The average molecular weight is 247 g/mol. The molecule has 0 saturated heterocycles. The molecule has 0 bridgehead atoms. The van der Waals surface area contributed by atoms with Crippen molar-refractivity contribution in [2.24, 2.45) is 5.92 Å². The summed E-state index contributed by atoms with van der Waals surface area (Å²) in [6, 6.07) is -0.684. The van der Waals surface area contributed by atoms with Crippen molar-refractivity contribution in [3.8, 4) is 0 Å². The Bertz CT molecular complexity index is 279. The molecule has 0 spiro atoms. The Hall–Kier alpha value is -1.14. The van der Waals surface area contributed by atoms with Gasteiger partial charge in [0, 0.05) is 7.11 Å². The molecule has 0 aliphatic carbocycles. The molecule has 0 aliphatic rings. The summed E-state index contributed by atoms with van der Waals surface area (Å²) in [5, 5.41) is 11.9. The van der Waals surface area contributed by atoms with E-state index >= 15 is 0 Å². The van der Waals surface area contributed by atoms with Gasteiger partial charge in [0.1, 0.15) is 11.6 Å². The van der Waals surface area contributed by atoms with E-state index in [2.05, 4.69) is 10.1 Å². The highest BCUT2D eigenvalue weighted by atomic mass is 16.5. The Kier molecular flexibility index (Phi) is 6.12. The van der Waals surface area contributed by atoms with Crippen molar-refractivity contribution in [1.82, 2.24) is 5.32 Å². The van der Waals surface area contributed by atoms with E-state index in [0.29, 0.717) is 0 Å². The van der Waals surface area contributed by atoms with Gasteiger partial charge in [-0.1, -0.05) is 13.8 Å². The fourth-order valence-corrected chi connectivity index (χ4v) is 1.42. The van der Waals surface area contributed by atoms with Crippen molar-refractivity contribution in [1.29, 1.82) is 0 Å². The van der Waals surface area contributed by atoms with E-state index < -0.39 is 23.5 Å². The number of carboxylic acids is 1. The molecule has 2 unspecified atom stereocenters. The number of nitrogens with one attached hydrogen (secondary N) is 1. The molecule has 0 aromatic heterocycles. The second-order valence-electron chi connectivity index (χ2n) is 4.46. The number of carboxylic acid groups (broad SMARTS) is 1. The molecular weight excluding hydrogens is 226 g/mol. The van der Waals surface area contributed by atoms with E-state index in [1.54, 1.807) is 0 Å². The zero-order valence-electron chi connectivity index (χ0n) is 10.9. The van der Waals surface area contributed by atoms with Crippen LogP contribution < -0.4 is 5.32 Å². The van der Waals surface area contributed by atoms with Crippen LogP contribution in [0.4, 0.5) is 0 Å². The van der Waals surface area contributed by atoms with Crippen LogP contribution >= 0.6 is 0 Å². The number of hydrogen-bond donors (Lipinski definition) is 2. The number of rotatable bonds is 7. The van der Waals surface area contributed by atoms with Crippen molar-refractivity contribution in [3.63, 3.8) is 0 Å². The molecule has 0 rings (SSSR count). The number of aliphatic carboxylic acids is 1. The van der Waals surface area contributed by atoms with Gasteiger partial charge < -0.3 is 14.6 Å². The second kappa shape index (κ2) is 6.56. The minimum atomic E-state index is -1.32. The standard InChI is InChI=1S/C11H21NO5/c1-7(2)8(9(13)17-5)12-11(3,6-16-4)10(14)15/h7-8,12H,6H2,1-5H3,(H,14,15). The highest BCUT2D eigenvalue weighted by Gasteiger charge is 2.38. The molecule has 0 aliphatic heterocycles. The van der Waals surface area contributed by atoms with Gasteiger partial charge in [0.2, 0.25) is 0 Å². The molecule has 0 fully saturated rings. The summed E-state index contributed by atoms with van der Waals surface area (Å²) in [5.74, 6) is -1.64. The predicted molar refractivity (Wildman–Crippen MR) is 61.7 cm³/mol. The summed E-state index contributed by atoms with van der Waals surface area (Å²) in [7, 11) is 2.68. The van der Waals surface area contributed by atoms with Gasteiger partial charge in [0.25, 0.3) is 0 Å². The van der Waals surface area contributed by atoms with Gasteiger partial charge in [0.15, 0.2) is 0 Å². The molecule has 6 heteroatoms. The first-order valence-corrected chi connectivity index (χ1v) is 5.36. The maximum Gasteiger partial charge on any atom is 0.326 e. The van der Waals surface area contributed by atoms with Gasteiger partial charge in [-0.15, -0.1) is 0 Å². The summed E-state index contributed by atoms with van der Waals surface area (Å²) < 4.78 is 9.51. The smallest absolute Gasteiger partial charge is 0.326 e. The summed E-state index contributed by atoms with van der Waals surface area (Å²) >= 11 is 0. The number of methoxy groups -OCH3 is 2. The predicted octanol–water partition coefficient (Wildman–Crippen LogP) is 0.263. The van der Waals surface area contributed by atoms with Gasteiger partial charge in [-0.3, -0.25) is 14.9 Å². The summed E-state index contributed by atoms with van der Waals surface area (Å²) in [6.07, 6.45) is 0. The van der Waals surface area contributed by atoms with Crippen LogP contribution in [0.2, 0.25) is 0 Å². The van der Waals surface area contributed by atoms with Crippen molar-refractivity contribution in [3.05, 3.63) is 0 Å². The molecule has 17 heavy (non-hydrogen) atoms. The van der Waals surface area contributed by atoms with Gasteiger partial charge in [-0.2, -0.15) is 0 Å². The number of ether oxygens (including phenoxy) is 2. The van der Waals surface area contributed by atoms with Crippen LogP contribution in [0.1, 0.15) is 20.8 Å². The highest BCUT2D eigenvalue weighted by Crippen LogP contribution is 2.12. The van der Waals surface area contributed by atoms with Crippen LogP contribution in [-0.2, 0) is 19.1 Å². The SMILES string of the molecule is COCC(C)(NC(C(=O)OC)C(C)C)C(=O)O. The Morgan fingerprint density at radius 3 is 2.18 bits per heavy atom. The van der Waals surface area contributed by atoms with E-state index in [0.717, 1.165) is 0 Å². The first kappa shape index (κ1) is 15.9. The van der Waals surface area contributed by atoms with Crippen molar-refractivity contribution in [2.75, 3.05) is 20.8 Å². The molecular formula is C11H21NO5. The maximum atomic E-state index is 11.5. The van der Waals surface area contributed by atoms with Gasteiger partial charge in [0.05, 0.1) is 13.7 Å². The van der Waals surface area contributed by atoms with Gasteiger partial charge >= 0.3 is 11.9 Å². The third-order valence-electron chi connectivity index (χ3n) is 2.50. The molecule has 0 aromatic carbocycles. The third kappa shape index (κ3) is 4.32. The Morgan fingerprint density at radius 2 is 1.88 bits per heavy atom. The Balaban J connectivity index is 4.93. The lowest BCUT2D eigenvalue weighted by Gasteiger charge is -2.31. The first-order chi connectivity index (χ1) is 7.78. The van der Waals surface area contributed by atoms with Crippen molar-refractivity contribution < 1.29 is 24.2 Å². The molecule has 0 saturated carbocycles. The lowest BCUT2D eigenvalue weighted by atomic mass is 9.97. The van der Waals surface area contributed by atoms with E-state index in [4.69, 9.17) is 9.84 Å². The lowest BCUT2D eigenvalue weighted by Crippen LogP contribution is -2.60. The van der Waals surface area contributed by atoms with Crippen LogP contribution in [-0.4, -0.2) is 49.5 Å². The highest BCUT2D eigenvalue weighted by molar-refractivity contribution is 5.81. The van der Waals surface area contributed by atoms with Crippen LogP contribution in [0, 0.1) is 5.92 Å². The largest absolute Gasteiger partial charge is 0.480 e. The van der Waals surface area contributed by atoms with Crippen molar-refractivity contribution >= 4 is 11.9 Å². The minimum absolute atomic E-state index is 0.0391. The Labute approximate surface area is 101 Å². The zero-order chi connectivity index (χ0) is 13.6. The lowest BCUT2D eigenvalue weighted by molar-refractivity contribution is -0.150. The van der Waals surface area contributed by atoms with E-state index in [-0.39, 0.29) is 12.5 Å². The van der Waals surface area contributed by atoms with Gasteiger partial charge in [-0.25, -0.2) is 0 Å².